The Hall–Kier alpha value is -2.13. The Morgan fingerprint density at radius 3 is 2.46 bits per heavy atom. The Morgan fingerprint density at radius 1 is 1.11 bits per heavy atom. The van der Waals surface area contributed by atoms with Gasteiger partial charge in [-0.15, -0.1) is 0 Å². The molecule has 0 spiro atoms. The number of ether oxygens (including phenoxy) is 1. The van der Waals surface area contributed by atoms with Crippen LogP contribution in [0.5, 0.6) is 5.75 Å². The van der Waals surface area contributed by atoms with Crippen molar-refractivity contribution in [1.82, 2.24) is 9.80 Å². The Kier molecular flexibility index (Phi) is 9.98. The van der Waals surface area contributed by atoms with Crippen molar-refractivity contribution in [3.05, 3.63) is 65.2 Å². The summed E-state index contributed by atoms with van der Waals surface area (Å²) < 4.78 is 44.4. The van der Waals surface area contributed by atoms with Gasteiger partial charge in [0.2, 0.25) is 0 Å². The number of nitrogens with zero attached hydrogens (tertiary/aromatic N) is 2. The Labute approximate surface area is 206 Å². The molecule has 0 aliphatic carbocycles. The predicted octanol–water partition coefficient (Wildman–Crippen LogP) is 4.08. The Balaban J connectivity index is 0.000000203. The molecule has 2 aromatic rings. The largest absolute Gasteiger partial charge is 0.492 e. The van der Waals surface area contributed by atoms with Gasteiger partial charge in [0, 0.05) is 38.1 Å². The van der Waals surface area contributed by atoms with Crippen molar-refractivity contribution in [2.75, 3.05) is 46.1 Å². The van der Waals surface area contributed by atoms with Crippen LogP contribution in [0.25, 0.3) is 0 Å². The molecule has 35 heavy (non-hydrogen) atoms. The van der Waals surface area contributed by atoms with E-state index >= 15 is 0 Å². The average Bonchev–Trinajstić information content (AvgIpc) is 2.81. The first-order valence-electron chi connectivity index (χ1n) is 12.2. The van der Waals surface area contributed by atoms with Gasteiger partial charge in [-0.2, -0.15) is 0 Å². The van der Waals surface area contributed by atoms with E-state index < -0.39 is 25.2 Å². The monoisotopic (exact) mass is 494 g/mol. The fourth-order valence-corrected chi connectivity index (χ4v) is 4.40. The first-order valence-corrected chi connectivity index (χ1v) is 12.2. The molecule has 0 saturated carbocycles. The number of aliphatic hydroxyl groups excluding tert-OH is 2. The number of para-hydroxylation sites is 1. The SMILES string of the molecule is CC(O)c1ccc2c(c1)CC(C)N(CC(F)(F)CO)C2.FCC1CN(CCOc2ccccc2)C1. The lowest BCUT2D eigenvalue weighted by molar-refractivity contribution is -0.0818. The van der Waals surface area contributed by atoms with E-state index in [0.717, 1.165) is 42.1 Å². The third-order valence-electron chi connectivity index (χ3n) is 6.56. The Morgan fingerprint density at radius 2 is 1.83 bits per heavy atom. The van der Waals surface area contributed by atoms with Crippen molar-refractivity contribution >= 4 is 0 Å². The molecule has 2 unspecified atom stereocenters. The summed E-state index contributed by atoms with van der Waals surface area (Å²) in [5, 5.41) is 18.3. The standard InChI is InChI=1S/C15H21F2NO2.C12H16FNO/c1-10-5-14-6-12(11(2)20)3-4-13(14)7-18(10)8-15(16,17)9-19;13-8-11-9-14(10-11)6-7-15-12-4-2-1-3-5-12/h3-4,6,10-11,19-20H,5,7-9H2,1-2H3;1-5,11H,6-10H2. The molecule has 0 aromatic heterocycles. The zero-order chi connectivity index (χ0) is 25.4. The molecule has 0 amide bonds. The summed E-state index contributed by atoms with van der Waals surface area (Å²) in [5.41, 5.74) is 2.98. The lowest BCUT2D eigenvalue weighted by atomic mass is 9.92. The molecule has 2 aromatic carbocycles. The summed E-state index contributed by atoms with van der Waals surface area (Å²) in [7, 11) is 0. The second kappa shape index (κ2) is 12.7. The third kappa shape index (κ3) is 8.20. The van der Waals surface area contributed by atoms with E-state index in [1.165, 1.54) is 0 Å². The second-order valence-electron chi connectivity index (χ2n) is 9.62. The van der Waals surface area contributed by atoms with Gasteiger partial charge in [0.15, 0.2) is 0 Å². The summed E-state index contributed by atoms with van der Waals surface area (Å²) in [6.07, 6.45) is 0.157. The number of benzene rings is 2. The van der Waals surface area contributed by atoms with Crippen LogP contribution < -0.4 is 4.74 Å². The molecule has 2 aliphatic heterocycles. The van der Waals surface area contributed by atoms with E-state index in [9.17, 15) is 18.3 Å². The summed E-state index contributed by atoms with van der Waals surface area (Å²) in [5.74, 6) is -1.90. The zero-order valence-corrected chi connectivity index (χ0v) is 20.5. The van der Waals surface area contributed by atoms with Crippen molar-refractivity contribution in [1.29, 1.82) is 0 Å². The first-order chi connectivity index (χ1) is 16.7. The number of rotatable bonds is 9. The van der Waals surface area contributed by atoms with Crippen molar-refractivity contribution in [3.8, 4) is 5.75 Å². The molecular weight excluding hydrogens is 457 g/mol. The predicted molar refractivity (Wildman–Crippen MR) is 131 cm³/mol. The quantitative estimate of drug-likeness (QED) is 0.550. The maximum absolute atomic E-state index is 13.3. The molecule has 2 N–H and O–H groups in total. The molecule has 2 heterocycles. The van der Waals surface area contributed by atoms with Crippen molar-refractivity contribution in [3.63, 3.8) is 0 Å². The molecule has 1 saturated heterocycles. The van der Waals surface area contributed by atoms with Gasteiger partial charge >= 0.3 is 0 Å². The van der Waals surface area contributed by atoms with Crippen LogP contribution in [0.4, 0.5) is 13.2 Å². The second-order valence-corrected chi connectivity index (χ2v) is 9.62. The van der Waals surface area contributed by atoms with Crippen molar-refractivity contribution < 1.29 is 28.1 Å². The van der Waals surface area contributed by atoms with Gasteiger partial charge in [0.1, 0.15) is 19.0 Å². The van der Waals surface area contributed by atoms with E-state index in [0.29, 0.717) is 19.6 Å². The molecule has 2 atom stereocenters. The van der Waals surface area contributed by atoms with Crippen LogP contribution in [-0.4, -0.2) is 78.0 Å². The summed E-state index contributed by atoms with van der Waals surface area (Å²) in [4.78, 5) is 3.91. The number of hydrogen-bond donors (Lipinski definition) is 2. The van der Waals surface area contributed by atoms with Crippen molar-refractivity contribution in [2.24, 2.45) is 5.92 Å². The van der Waals surface area contributed by atoms with Crippen LogP contribution in [0.1, 0.15) is 36.6 Å². The smallest absolute Gasteiger partial charge is 0.283 e. The van der Waals surface area contributed by atoms with Crippen LogP contribution in [0.3, 0.4) is 0 Å². The van der Waals surface area contributed by atoms with Gasteiger partial charge in [-0.25, -0.2) is 8.78 Å². The summed E-state index contributed by atoms with van der Waals surface area (Å²) in [6, 6.07) is 15.4. The van der Waals surface area contributed by atoms with Gasteiger partial charge in [-0.05, 0) is 49.1 Å². The molecule has 4 rings (SSSR count). The van der Waals surface area contributed by atoms with E-state index in [-0.39, 0.29) is 18.6 Å². The molecular formula is C27H37F3N2O3. The van der Waals surface area contributed by atoms with Crippen molar-refractivity contribution in [2.45, 2.75) is 44.9 Å². The lowest BCUT2D eigenvalue weighted by Crippen LogP contribution is -2.49. The van der Waals surface area contributed by atoms with Crippen LogP contribution in [0.2, 0.25) is 0 Å². The number of fused-ring (bicyclic) bond motifs is 1. The highest BCUT2D eigenvalue weighted by Crippen LogP contribution is 2.28. The molecule has 0 radical (unpaired) electrons. The minimum Gasteiger partial charge on any atom is -0.492 e. The fourth-order valence-electron chi connectivity index (χ4n) is 4.40. The highest BCUT2D eigenvalue weighted by atomic mass is 19.3. The molecule has 8 heteroatoms. The summed E-state index contributed by atoms with van der Waals surface area (Å²) >= 11 is 0. The minimum absolute atomic E-state index is 0.0100. The summed E-state index contributed by atoms with van der Waals surface area (Å²) in [6.45, 7) is 5.68. The number of alkyl halides is 3. The minimum atomic E-state index is -3.06. The molecule has 0 bridgehead atoms. The lowest BCUT2D eigenvalue weighted by Gasteiger charge is -2.37. The first kappa shape index (κ1) is 27.5. The molecule has 194 valence electrons. The normalized spacial score (nSPS) is 19.8. The van der Waals surface area contributed by atoms with Crippen LogP contribution in [0.15, 0.2) is 48.5 Å². The molecule has 5 nitrogen and oxygen atoms in total. The van der Waals surface area contributed by atoms with Gasteiger partial charge in [-0.3, -0.25) is 14.2 Å². The average molecular weight is 495 g/mol. The van der Waals surface area contributed by atoms with Crippen LogP contribution in [-0.2, 0) is 13.0 Å². The van der Waals surface area contributed by atoms with E-state index in [2.05, 4.69) is 4.90 Å². The van der Waals surface area contributed by atoms with Gasteiger partial charge in [0.25, 0.3) is 5.92 Å². The van der Waals surface area contributed by atoms with Gasteiger partial charge in [0.05, 0.1) is 19.3 Å². The number of hydrogen-bond acceptors (Lipinski definition) is 5. The maximum Gasteiger partial charge on any atom is 0.283 e. The van der Waals surface area contributed by atoms with Crippen LogP contribution in [0, 0.1) is 5.92 Å². The highest BCUT2D eigenvalue weighted by molar-refractivity contribution is 5.35. The topological polar surface area (TPSA) is 56.2 Å². The number of aliphatic hydroxyl groups is 2. The Bertz CT molecular complexity index is 908. The number of likely N-dealkylation sites (tertiary alicyclic amines) is 1. The third-order valence-corrected chi connectivity index (χ3v) is 6.56. The van der Waals surface area contributed by atoms with Gasteiger partial charge < -0.3 is 14.9 Å². The van der Waals surface area contributed by atoms with Gasteiger partial charge in [-0.1, -0.05) is 36.4 Å². The van der Waals surface area contributed by atoms with E-state index in [4.69, 9.17) is 9.84 Å². The van der Waals surface area contributed by atoms with Crippen LogP contribution >= 0.6 is 0 Å². The highest BCUT2D eigenvalue weighted by Gasteiger charge is 2.34. The molecule has 1 fully saturated rings. The van der Waals surface area contributed by atoms with E-state index in [1.54, 1.807) is 11.8 Å². The maximum atomic E-state index is 13.3. The zero-order valence-electron chi connectivity index (χ0n) is 20.5. The number of halogens is 3. The van der Waals surface area contributed by atoms with E-state index in [1.807, 2.05) is 55.5 Å². The molecule has 2 aliphatic rings. The fraction of sp³-hybridized carbons (Fsp3) is 0.556.